The number of hydrazone groups is 1. The summed E-state index contributed by atoms with van der Waals surface area (Å²) in [6.07, 6.45) is -11.9. The largest absolute Gasteiger partial charge is 0.459 e. The fourth-order valence-corrected chi connectivity index (χ4v) is 3.83. The van der Waals surface area contributed by atoms with E-state index >= 15 is 0 Å². The van der Waals surface area contributed by atoms with E-state index in [-0.39, 0.29) is 28.2 Å². The van der Waals surface area contributed by atoms with E-state index in [1.165, 1.54) is 24.3 Å². The summed E-state index contributed by atoms with van der Waals surface area (Å²) in [5.41, 5.74) is -1.31. The SMILES string of the molecule is Cn1nc(C(F)(F)C(F)(F)F)c(C(F)(F)F)c1N1CNN=C1c1cccc(C(=O)NCc2ccccc2)c1. The zero-order chi connectivity index (χ0) is 27.9. The number of hydrogen-bond donors (Lipinski definition) is 2. The number of nitrogens with zero attached hydrogens (tertiary/aromatic N) is 4. The van der Waals surface area contributed by atoms with Gasteiger partial charge in [-0.15, -0.1) is 0 Å². The minimum absolute atomic E-state index is 0.0980. The Kier molecular flexibility index (Phi) is 6.80. The Bertz CT molecular complexity index is 1360. The van der Waals surface area contributed by atoms with Gasteiger partial charge in [-0.1, -0.05) is 42.5 Å². The van der Waals surface area contributed by atoms with Crippen molar-refractivity contribution in [2.75, 3.05) is 11.6 Å². The molecule has 0 unspecified atom stereocenters. The molecule has 0 spiro atoms. The zero-order valence-electron chi connectivity index (χ0n) is 19.3. The smallest absolute Gasteiger partial charge is 0.348 e. The summed E-state index contributed by atoms with van der Waals surface area (Å²) >= 11 is 0. The molecule has 0 radical (unpaired) electrons. The van der Waals surface area contributed by atoms with E-state index in [4.69, 9.17) is 0 Å². The molecule has 38 heavy (non-hydrogen) atoms. The van der Waals surface area contributed by atoms with E-state index in [0.717, 1.165) is 17.5 Å². The lowest BCUT2D eigenvalue weighted by Gasteiger charge is -2.23. The van der Waals surface area contributed by atoms with Gasteiger partial charge in [-0.25, -0.2) is 0 Å². The average Bonchev–Trinajstić information content (AvgIpc) is 3.47. The number of amidine groups is 1. The summed E-state index contributed by atoms with van der Waals surface area (Å²) in [5, 5.41) is 9.50. The van der Waals surface area contributed by atoms with Crippen molar-refractivity contribution in [2.45, 2.75) is 24.8 Å². The molecule has 2 aromatic carbocycles. The third-order valence-electron chi connectivity index (χ3n) is 5.56. The number of amides is 1. The number of halogens is 8. The first-order chi connectivity index (χ1) is 17.7. The van der Waals surface area contributed by atoms with Crippen LogP contribution in [-0.2, 0) is 25.7 Å². The summed E-state index contributed by atoms with van der Waals surface area (Å²) in [6.45, 7) is -0.307. The summed E-state index contributed by atoms with van der Waals surface area (Å²) < 4.78 is 109. The quantitative estimate of drug-likeness (QED) is 0.438. The molecule has 202 valence electrons. The molecule has 0 atom stereocenters. The van der Waals surface area contributed by atoms with Gasteiger partial charge in [0.05, 0.1) is 0 Å². The van der Waals surface area contributed by atoms with Crippen LogP contribution in [0.1, 0.15) is 32.7 Å². The third kappa shape index (κ3) is 4.99. The van der Waals surface area contributed by atoms with Crippen molar-refractivity contribution in [3.63, 3.8) is 0 Å². The van der Waals surface area contributed by atoms with Gasteiger partial charge in [0.15, 0.2) is 11.5 Å². The number of alkyl halides is 8. The molecule has 2 heterocycles. The Morgan fingerprint density at radius 3 is 2.32 bits per heavy atom. The molecule has 1 amide bonds. The van der Waals surface area contributed by atoms with Crippen LogP contribution in [0.4, 0.5) is 40.9 Å². The Hall–Kier alpha value is -4.17. The minimum Gasteiger partial charge on any atom is -0.348 e. The Labute approximate surface area is 209 Å². The van der Waals surface area contributed by atoms with Gasteiger partial charge >= 0.3 is 18.3 Å². The lowest BCUT2D eigenvalue weighted by Crippen LogP contribution is -2.37. The van der Waals surface area contributed by atoms with Crippen LogP contribution in [0.2, 0.25) is 0 Å². The van der Waals surface area contributed by atoms with Crippen molar-refractivity contribution in [2.24, 2.45) is 12.1 Å². The van der Waals surface area contributed by atoms with E-state index in [2.05, 4.69) is 20.9 Å². The molecule has 1 aliphatic rings. The molecule has 0 saturated heterocycles. The van der Waals surface area contributed by atoms with Gasteiger partial charge in [0.25, 0.3) is 5.91 Å². The second-order valence-electron chi connectivity index (χ2n) is 8.17. The van der Waals surface area contributed by atoms with Crippen LogP contribution >= 0.6 is 0 Å². The van der Waals surface area contributed by atoms with Crippen LogP contribution in [0.5, 0.6) is 0 Å². The number of benzene rings is 2. The van der Waals surface area contributed by atoms with Gasteiger partial charge in [-0.05, 0) is 17.7 Å². The molecule has 2 N–H and O–H groups in total. The Morgan fingerprint density at radius 2 is 1.68 bits per heavy atom. The van der Waals surface area contributed by atoms with Crippen LogP contribution in [0.25, 0.3) is 0 Å². The maximum atomic E-state index is 14.1. The molecule has 0 bridgehead atoms. The lowest BCUT2D eigenvalue weighted by atomic mass is 10.1. The molecule has 0 saturated carbocycles. The highest BCUT2D eigenvalue weighted by molar-refractivity contribution is 6.11. The van der Waals surface area contributed by atoms with Crippen molar-refractivity contribution < 1.29 is 39.9 Å². The minimum atomic E-state index is -6.32. The average molecular weight is 546 g/mol. The number of anilines is 1. The van der Waals surface area contributed by atoms with E-state index in [0.29, 0.717) is 0 Å². The summed E-state index contributed by atoms with van der Waals surface area (Å²) in [7, 11) is 0.809. The van der Waals surface area contributed by atoms with Crippen LogP contribution in [-0.4, -0.2) is 34.4 Å². The number of rotatable bonds is 6. The van der Waals surface area contributed by atoms with Crippen molar-refractivity contribution in [1.82, 2.24) is 20.5 Å². The number of nitrogens with one attached hydrogen (secondary N) is 2. The van der Waals surface area contributed by atoms with Crippen molar-refractivity contribution >= 4 is 17.6 Å². The predicted molar refractivity (Wildman–Crippen MR) is 119 cm³/mol. The number of carbonyl (C=O) groups excluding carboxylic acids is 1. The molecule has 1 aliphatic heterocycles. The molecule has 4 rings (SSSR count). The third-order valence-corrected chi connectivity index (χ3v) is 5.56. The maximum Gasteiger partial charge on any atom is 0.459 e. The molecule has 1 aromatic heterocycles. The second kappa shape index (κ2) is 9.61. The number of aromatic nitrogens is 2. The molecule has 0 fully saturated rings. The van der Waals surface area contributed by atoms with E-state index in [1.54, 1.807) is 30.3 Å². The summed E-state index contributed by atoms with van der Waals surface area (Å²) in [4.78, 5) is 13.4. The fraction of sp³-hybridized carbons (Fsp3) is 0.261. The normalized spacial score (nSPS) is 14.3. The van der Waals surface area contributed by atoms with Gasteiger partial charge in [-0.3, -0.25) is 19.8 Å². The number of aryl methyl sites for hydroxylation is 1. The maximum absolute atomic E-state index is 14.1. The zero-order valence-corrected chi connectivity index (χ0v) is 19.3. The van der Waals surface area contributed by atoms with Gasteiger partial charge in [0, 0.05) is 24.7 Å². The highest BCUT2D eigenvalue weighted by Crippen LogP contribution is 2.50. The van der Waals surface area contributed by atoms with E-state index in [9.17, 15) is 39.9 Å². The monoisotopic (exact) mass is 546 g/mol. The first kappa shape index (κ1) is 26.9. The first-order valence-corrected chi connectivity index (χ1v) is 10.8. The van der Waals surface area contributed by atoms with Crippen LogP contribution in [0.15, 0.2) is 59.7 Å². The van der Waals surface area contributed by atoms with Crippen molar-refractivity contribution in [3.8, 4) is 0 Å². The molecule has 15 heteroatoms. The van der Waals surface area contributed by atoms with Gasteiger partial charge in [0.2, 0.25) is 0 Å². The second-order valence-corrected chi connectivity index (χ2v) is 8.17. The number of carbonyl (C=O) groups is 1. The van der Waals surface area contributed by atoms with E-state index in [1.807, 2.05) is 0 Å². The molecular formula is C23H18F8N6O. The molecular weight excluding hydrogens is 528 g/mol. The standard InChI is InChI=1S/C23H18F8N6O/c1-36-20(16(22(26,27)28)17(35-36)21(24,25)23(29,30)31)37-12-33-34-18(37)14-8-5-9-15(10-14)19(38)32-11-13-6-3-2-4-7-13/h2-10,33H,11-12H2,1H3,(H,32,38). The van der Waals surface area contributed by atoms with Crippen LogP contribution < -0.4 is 15.6 Å². The lowest BCUT2D eigenvalue weighted by molar-refractivity contribution is -0.292. The van der Waals surface area contributed by atoms with Gasteiger partial charge in [0.1, 0.15) is 18.1 Å². The molecule has 7 nitrogen and oxygen atoms in total. The molecule has 3 aromatic rings. The Morgan fingerprint density at radius 1 is 1.00 bits per heavy atom. The Balaban J connectivity index is 1.69. The number of hydrogen-bond acceptors (Lipinski definition) is 5. The van der Waals surface area contributed by atoms with Crippen molar-refractivity contribution in [3.05, 3.63) is 82.5 Å². The first-order valence-electron chi connectivity index (χ1n) is 10.8. The highest BCUT2D eigenvalue weighted by Gasteiger charge is 2.64. The predicted octanol–water partition coefficient (Wildman–Crippen LogP) is 4.75. The highest BCUT2D eigenvalue weighted by atomic mass is 19.4. The summed E-state index contributed by atoms with van der Waals surface area (Å²) in [6, 6.07) is 14.5. The topological polar surface area (TPSA) is 74.5 Å². The fourth-order valence-electron chi connectivity index (χ4n) is 3.83. The van der Waals surface area contributed by atoms with Crippen LogP contribution in [0.3, 0.4) is 0 Å². The van der Waals surface area contributed by atoms with Gasteiger partial charge in [-0.2, -0.15) is 45.3 Å². The summed E-state index contributed by atoms with van der Waals surface area (Å²) in [5.74, 6) is -7.73. The van der Waals surface area contributed by atoms with Crippen molar-refractivity contribution in [1.29, 1.82) is 0 Å². The molecule has 0 aliphatic carbocycles. The van der Waals surface area contributed by atoms with Crippen LogP contribution in [0, 0.1) is 0 Å². The van der Waals surface area contributed by atoms with E-state index < -0.39 is 47.9 Å². The van der Waals surface area contributed by atoms with Gasteiger partial charge < -0.3 is 5.32 Å².